The Bertz CT molecular complexity index is 1400. The number of carbonyl (C=O) groups is 2. The van der Waals surface area contributed by atoms with E-state index in [-0.39, 0.29) is 23.4 Å². The van der Waals surface area contributed by atoms with Crippen molar-refractivity contribution < 1.29 is 22.7 Å². The summed E-state index contributed by atoms with van der Waals surface area (Å²) in [4.78, 5) is 28.8. The number of carbonyl (C=O) groups excluding carboxylic acids is 2. The van der Waals surface area contributed by atoms with E-state index in [1.807, 2.05) is 46.8 Å². The van der Waals surface area contributed by atoms with Gasteiger partial charge in [-0.1, -0.05) is 54.4 Å². The molecule has 0 radical (unpaired) electrons. The number of aryl methyl sites for hydroxylation is 2. The average molecular weight is 566 g/mol. The molecule has 0 fully saturated rings. The molecule has 0 spiro atoms. The van der Waals surface area contributed by atoms with Crippen molar-refractivity contribution in [3.63, 3.8) is 0 Å². The topological polar surface area (TPSA) is 96.0 Å². The van der Waals surface area contributed by atoms with Gasteiger partial charge in [0.1, 0.15) is 18.3 Å². The van der Waals surface area contributed by atoms with Crippen LogP contribution in [0.25, 0.3) is 0 Å². The lowest BCUT2D eigenvalue weighted by atomic mass is 10.1. The second kappa shape index (κ2) is 13.5. The monoisotopic (exact) mass is 565 g/mol. The first-order valence-corrected chi connectivity index (χ1v) is 14.8. The van der Waals surface area contributed by atoms with Crippen molar-refractivity contribution in [2.45, 2.75) is 64.6 Å². The molecule has 0 heterocycles. The third-order valence-corrected chi connectivity index (χ3v) is 8.30. The van der Waals surface area contributed by atoms with Crippen LogP contribution in [0.5, 0.6) is 5.75 Å². The minimum absolute atomic E-state index is 0.0791. The molecule has 0 saturated heterocycles. The molecule has 9 heteroatoms. The summed E-state index contributed by atoms with van der Waals surface area (Å²) in [6, 6.07) is 19.8. The lowest BCUT2D eigenvalue weighted by Gasteiger charge is -2.33. The van der Waals surface area contributed by atoms with Crippen molar-refractivity contribution in [2.24, 2.45) is 0 Å². The van der Waals surface area contributed by atoms with E-state index in [1.54, 1.807) is 55.6 Å². The first-order valence-electron chi connectivity index (χ1n) is 13.3. The molecule has 0 aliphatic heterocycles. The van der Waals surface area contributed by atoms with Gasteiger partial charge in [-0.05, 0) is 76.1 Å². The van der Waals surface area contributed by atoms with Crippen LogP contribution in [-0.2, 0) is 26.2 Å². The summed E-state index contributed by atoms with van der Waals surface area (Å²) in [6.45, 7) is 8.94. The smallest absolute Gasteiger partial charge is 0.264 e. The third-order valence-electron chi connectivity index (χ3n) is 6.51. The molecule has 0 aliphatic carbocycles. The maximum absolute atomic E-state index is 14.1. The highest BCUT2D eigenvalue weighted by Gasteiger charge is 2.33. The molecule has 40 heavy (non-hydrogen) atoms. The third kappa shape index (κ3) is 7.63. The van der Waals surface area contributed by atoms with Crippen LogP contribution in [0.4, 0.5) is 5.69 Å². The van der Waals surface area contributed by atoms with Crippen LogP contribution < -0.4 is 14.4 Å². The quantitative estimate of drug-likeness (QED) is 0.339. The summed E-state index contributed by atoms with van der Waals surface area (Å²) in [5.41, 5.74) is 2.99. The Hall–Kier alpha value is -3.85. The van der Waals surface area contributed by atoms with Gasteiger partial charge in [0.2, 0.25) is 11.8 Å². The normalized spacial score (nSPS) is 12.1. The van der Waals surface area contributed by atoms with Crippen molar-refractivity contribution >= 4 is 27.5 Å². The summed E-state index contributed by atoms with van der Waals surface area (Å²) >= 11 is 0. The maximum Gasteiger partial charge on any atom is 0.264 e. The molecule has 214 valence electrons. The van der Waals surface area contributed by atoms with Crippen molar-refractivity contribution in [2.75, 3.05) is 18.0 Å². The highest BCUT2D eigenvalue weighted by molar-refractivity contribution is 7.92. The Kier molecular flexibility index (Phi) is 10.3. The highest BCUT2D eigenvalue weighted by Crippen LogP contribution is 2.26. The summed E-state index contributed by atoms with van der Waals surface area (Å²) in [5, 5.41) is 2.90. The number of hydrogen-bond donors (Lipinski definition) is 1. The second-order valence-corrected chi connectivity index (χ2v) is 12.0. The number of ether oxygens (including phenoxy) is 1. The molecule has 3 rings (SSSR count). The van der Waals surface area contributed by atoms with Crippen molar-refractivity contribution in [1.29, 1.82) is 0 Å². The zero-order valence-corrected chi connectivity index (χ0v) is 24.9. The van der Waals surface area contributed by atoms with Crippen LogP contribution in [0, 0.1) is 13.8 Å². The van der Waals surface area contributed by atoms with E-state index in [0.29, 0.717) is 17.9 Å². The predicted octanol–water partition coefficient (Wildman–Crippen LogP) is 4.84. The molecule has 0 bridgehead atoms. The standard InChI is InChI=1S/C31H39N3O5S/c1-7-29(31(36)32-22(2)3)33(20-25-9-8-10-27(19-25)39-6)30(35)21-34(26-15-11-23(4)12-16-26)40(37,38)28-17-13-24(5)14-18-28/h8-19,22,29H,7,20-21H2,1-6H3,(H,32,36). The van der Waals surface area contributed by atoms with Crippen LogP contribution in [0.3, 0.4) is 0 Å². The Balaban J connectivity index is 2.06. The van der Waals surface area contributed by atoms with E-state index in [1.165, 1.54) is 17.0 Å². The SMILES string of the molecule is CCC(C(=O)NC(C)C)N(Cc1cccc(OC)c1)C(=O)CN(c1ccc(C)cc1)S(=O)(=O)c1ccc(C)cc1. The number of anilines is 1. The molecule has 1 unspecified atom stereocenters. The molecule has 0 aromatic heterocycles. The Morgan fingerprint density at radius 2 is 1.52 bits per heavy atom. The summed E-state index contributed by atoms with van der Waals surface area (Å²) in [7, 11) is -2.54. The zero-order valence-electron chi connectivity index (χ0n) is 24.0. The first-order chi connectivity index (χ1) is 19.0. The van der Waals surface area contributed by atoms with Gasteiger partial charge < -0.3 is 15.0 Å². The van der Waals surface area contributed by atoms with E-state index in [9.17, 15) is 18.0 Å². The van der Waals surface area contributed by atoms with Crippen LogP contribution in [0.1, 0.15) is 43.9 Å². The van der Waals surface area contributed by atoms with E-state index in [4.69, 9.17) is 4.74 Å². The van der Waals surface area contributed by atoms with E-state index >= 15 is 0 Å². The number of sulfonamides is 1. The number of nitrogens with zero attached hydrogens (tertiary/aromatic N) is 2. The minimum atomic E-state index is -4.10. The zero-order chi connectivity index (χ0) is 29.4. The summed E-state index contributed by atoms with van der Waals surface area (Å²) < 4.78 is 34.3. The number of benzene rings is 3. The Morgan fingerprint density at radius 3 is 2.08 bits per heavy atom. The van der Waals surface area contributed by atoms with Crippen LogP contribution >= 0.6 is 0 Å². The van der Waals surface area contributed by atoms with Gasteiger partial charge in [0.05, 0.1) is 17.7 Å². The van der Waals surface area contributed by atoms with E-state index in [0.717, 1.165) is 21.0 Å². The first kappa shape index (κ1) is 30.7. The van der Waals surface area contributed by atoms with Crippen molar-refractivity contribution in [1.82, 2.24) is 10.2 Å². The minimum Gasteiger partial charge on any atom is -0.497 e. The van der Waals surface area contributed by atoms with Gasteiger partial charge in [-0.15, -0.1) is 0 Å². The van der Waals surface area contributed by atoms with Crippen LogP contribution in [0.15, 0.2) is 77.7 Å². The van der Waals surface area contributed by atoms with Gasteiger partial charge in [0.25, 0.3) is 10.0 Å². The fraction of sp³-hybridized carbons (Fsp3) is 0.355. The van der Waals surface area contributed by atoms with Gasteiger partial charge >= 0.3 is 0 Å². The van der Waals surface area contributed by atoms with Crippen molar-refractivity contribution in [3.05, 3.63) is 89.5 Å². The number of rotatable bonds is 12. The molecule has 1 atom stereocenters. The lowest BCUT2D eigenvalue weighted by molar-refractivity contribution is -0.140. The largest absolute Gasteiger partial charge is 0.497 e. The molecule has 1 N–H and O–H groups in total. The number of methoxy groups -OCH3 is 1. The molecule has 2 amide bonds. The lowest BCUT2D eigenvalue weighted by Crippen LogP contribution is -2.53. The van der Waals surface area contributed by atoms with E-state index < -0.39 is 28.5 Å². The second-order valence-electron chi connectivity index (χ2n) is 10.1. The van der Waals surface area contributed by atoms with E-state index in [2.05, 4.69) is 5.32 Å². The predicted molar refractivity (Wildman–Crippen MR) is 158 cm³/mol. The van der Waals surface area contributed by atoms with Crippen LogP contribution in [0.2, 0.25) is 0 Å². The van der Waals surface area contributed by atoms with Crippen molar-refractivity contribution in [3.8, 4) is 5.75 Å². The number of hydrogen-bond acceptors (Lipinski definition) is 5. The molecular formula is C31H39N3O5S. The number of amides is 2. The maximum atomic E-state index is 14.1. The molecular weight excluding hydrogens is 526 g/mol. The fourth-order valence-corrected chi connectivity index (χ4v) is 5.76. The van der Waals surface area contributed by atoms with Gasteiger partial charge in [-0.25, -0.2) is 8.42 Å². The number of nitrogens with one attached hydrogen (secondary N) is 1. The molecule has 8 nitrogen and oxygen atoms in total. The van der Waals surface area contributed by atoms with Gasteiger partial charge in [-0.2, -0.15) is 0 Å². The Morgan fingerprint density at radius 1 is 0.925 bits per heavy atom. The van der Waals surface area contributed by atoms with Gasteiger partial charge in [0.15, 0.2) is 0 Å². The molecule has 3 aromatic carbocycles. The van der Waals surface area contributed by atoms with Crippen LogP contribution in [-0.4, -0.2) is 50.9 Å². The van der Waals surface area contributed by atoms with Gasteiger partial charge in [-0.3, -0.25) is 13.9 Å². The highest BCUT2D eigenvalue weighted by atomic mass is 32.2. The summed E-state index contributed by atoms with van der Waals surface area (Å²) in [6.07, 6.45) is 0.351. The Labute approximate surface area is 238 Å². The average Bonchev–Trinajstić information content (AvgIpc) is 2.92. The summed E-state index contributed by atoms with van der Waals surface area (Å²) in [5.74, 6) is -0.172. The molecule has 0 saturated carbocycles. The fourth-order valence-electron chi connectivity index (χ4n) is 4.34. The van der Waals surface area contributed by atoms with Gasteiger partial charge in [0, 0.05) is 12.6 Å². The molecule has 3 aromatic rings. The molecule has 0 aliphatic rings.